The molecule has 1 saturated heterocycles. The zero-order valence-electron chi connectivity index (χ0n) is 10.8. The molecule has 1 aliphatic heterocycles. The van der Waals surface area contributed by atoms with Gasteiger partial charge in [0, 0.05) is 6.04 Å². The number of nitrogens with zero attached hydrogens (tertiary/aromatic N) is 1. The lowest BCUT2D eigenvalue weighted by molar-refractivity contribution is 0.0353. The Balaban J connectivity index is 1.53. The molecular formula is C15H26N-. The molecule has 0 bridgehead atoms. The molecule has 3 rings (SSSR count). The molecule has 0 aromatic rings. The molecule has 3 fully saturated rings. The predicted octanol–water partition coefficient (Wildman–Crippen LogP) is 3.79. The minimum atomic E-state index is 0.779. The van der Waals surface area contributed by atoms with Crippen molar-refractivity contribution in [3.63, 3.8) is 0 Å². The molecule has 3 aliphatic rings. The number of likely N-dealkylation sites (tertiary alicyclic amines) is 1. The van der Waals surface area contributed by atoms with E-state index in [1.807, 2.05) is 0 Å². The van der Waals surface area contributed by atoms with Crippen LogP contribution in [0.1, 0.15) is 64.7 Å². The van der Waals surface area contributed by atoms with Gasteiger partial charge in [0.15, 0.2) is 0 Å². The van der Waals surface area contributed by atoms with E-state index < -0.39 is 0 Å². The highest BCUT2D eigenvalue weighted by atomic mass is 15.2. The lowest BCUT2D eigenvalue weighted by atomic mass is 9.62. The lowest BCUT2D eigenvalue weighted by Gasteiger charge is -2.51. The molecule has 0 unspecified atom stereocenters. The molecule has 1 nitrogen and oxygen atoms in total. The molecule has 0 atom stereocenters. The summed E-state index contributed by atoms with van der Waals surface area (Å²) in [6, 6.07) is 0.964. The van der Waals surface area contributed by atoms with Crippen molar-refractivity contribution in [1.82, 2.24) is 4.90 Å². The highest BCUT2D eigenvalue weighted by Gasteiger charge is 2.37. The third kappa shape index (κ3) is 2.03. The summed E-state index contributed by atoms with van der Waals surface area (Å²) in [7, 11) is 0. The van der Waals surface area contributed by atoms with Crippen LogP contribution in [-0.4, -0.2) is 24.0 Å². The topological polar surface area (TPSA) is 3.24 Å². The van der Waals surface area contributed by atoms with Gasteiger partial charge in [0.1, 0.15) is 0 Å². The number of hydrogen-bond acceptors (Lipinski definition) is 1. The standard InChI is InChI=1S/C15H26N/c1-13-3-7-15(8-4-13)9-5-14(6-10-15)16-11-2-12-16/h14H,2-12H2,1H3/q-1. The van der Waals surface area contributed by atoms with Crippen molar-refractivity contribution in [3.8, 4) is 0 Å². The van der Waals surface area contributed by atoms with Gasteiger partial charge in [0.2, 0.25) is 0 Å². The van der Waals surface area contributed by atoms with Gasteiger partial charge in [-0.3, -0.25) is 0 Å². The van der Waals surface area contributed by atoms with Crippen molar-refractivity contribution in [1.29, 1.82) is 0 Å². The van der Waals surface area contributed by atoms with Crippen LogP contribution in [-0.2, 0) is 0 Å². The van der Waals surface area contributed by atoms with Crippen LogP contribution in [0.15, 0.2) is 0 Å². The first kappa shape index (κ1) is 11.1. The Morgan fingerprint density at radius 3 is 2.12 bits per heavy atom. The van der Waals surface area contributed by atoms with Gasteiger partial charge in [-0.25, -0.2) is 0 Å². The van der Waals surface area contributed by atoms with Gasteiger partial charge in [-0.1, -0.05) is 12.8 Å². The summed E-state index contributed by atoms with van der Waals surface area (Å²) in [6.45, 7) is 5.15. The second-order valence-electron chi connectivity index (χ2n) is 6.58. The summed E-state index contributed by atoms with van der Waals surface area (Å²) < 4.78 is 0. The van der Waals surface area contributed by atoms with E-state index in [0.29, 0.717) is 0 Å². The van der Waals surface area contributed by atoms with Crippen LogP contribution in [0.3, 0.4) is 0 Å². The van der Waals surface area contributed by atoms with Crippen LogP contribution in [0.2, 0.25) is 0 Å². The summed E-state index contributed by atoms with van der Waals surface area (Å²) >= 11 is 0. The molecule has 0 radical (unpaired) electrons. The maximum atomic E-state index is 2.73. The van der Waals surface area contributed by atoms with E-state index >= 15 is 0 Å². The van der Waals surface area contributed by atoms with Gasteiger partial charge >= 0.3 is 0 Å². The zero-order valence-corrected chi connectivity index (χ0v) is 10.8. The number of hydrogen-bond donors (Lipinski definition) is 0. The first-order valence-electron chi connectivity index (χ1n) is 7.33. The lowest BCUT2D eigenvalue weighted by Crippen LogP contribution is -2.48. The van der Waals surface area contributed by atoms with Crippen molar-refractivity contribution in [2.24, 2.45) is 5.41 Å². The molecule has 92 valence electrons. The Bertz CT molecular complexity index is 226. The van der Waals surface area contributed by atoms with Crippen LogP contribution in [0.4, 0.5) is 0 Å². The average molecular weight is 220 g/mol. The Labute approximate surface area is 101 Å². The fraction of sp³-hybridized carbons (Fsp3) is 0.933. The monoisotopic (exact) mass is 220 g/mol. The van der Waals surface area contributed by atoms with Gasteiger partial charge in [-0.15, -0.1) is 0 Å². The van der Waals surface area contributed by atoms with Crippen molar-refractivity contribution in [2.75, 3.05) is 13.1 Å². The molecule has 1 heteroatoms. The third-order valence-corrected chi connectivity index (χ3v) is 5.59. The molecule has 0 N–H and O–H groups in total. The van der Waals surface area contributed by atoms with E-state index in [4.69, 9.17) is 0 Å². The van der Waals surface area contributed by atoms with Crippen LogP contribution in [0.5, 0.6) is 0 Å². The molecule has 0 aromatic heterocycles. The highest BCUT2D eigenvalue weighted by Crippen LogP contribution is 2.50. The van der Waals surface area contributed by atoms with E-state index in [9.17, 15) is 0 Å². The van der Waals surface area contributed by atoms with Gasteiger partial charge in [-0.05, 0) is 50.6 Å². The second kappa shape index (κ2) is 4.33. The fourth-order valence-corrected chi connectivity index (χ4v) is 3.99. The fourth-order valence-electron chi connectivity index (χ4n) is 3.99. The van der Waals surface area contributed by atoms with E-state index in [2.05, 4.69) is 11.8 Å². The van der Waals surface area contributed by atoms with Gasteiger partial charge in [0.25, 0.3) is 0 Å². The van der Waals surface area contributed by atoms with Gasteiger partial charge < -0.3 is 10.8 Å². The van der Waals surface area contributed by atoms with E-state index in [1.54, 1.807) is 5.92 Å². The Kier molecular flexibility index (Phi) is 2.99. The zero-order chi connectivity index (χ0) is 11.0. The largest absolute Gasteiger partial charge is 0.317 e. The molecule has 2 saturated carbocycles. The second-order valence-corrected chi connectivity index (χ2v) is 6.58. The predicted molar refractivity (Wildman–Crippen MR) is 68.3 cm³/mol. The highest BCUT2D eigenvalue weighted by molar-refractivity contribution is 4.99. The Morgan fingerprint density at radius 1 is 1.00 bits per heavy atom. The first-order chi connectivity index (χ1) is 7.77. The molecule has 16 heavy (non-hydrogen) atoms. The summed E-state index contributed by atoms with van der Waals surface area (Å²) in [5.41, 5.74) is 0.779. The quantitative estimate of drug-likeness (QED) is 0.608. The molecule has 0 aromatic carbocycles. The summed E-state index contributed by atoms with van der Waals surface area (Å²) in [5.74, 6) is 1.76. The normalized spacial score (nSPS) is 32.8. The molecule has 2 aliphatic carbocycles. The van der Waals surface area contributed by atoms with Crippen LogP contribution < -0.4 is 0 Å². The van der Waals surface area contributed by atoms with Crippen molar-refractivity contribution < 1.29 is 0 Å². The Morgan fingerprint density at radius 2 is 1.62 bits per heavy atom. The van der Waals surface area contributed by atoms with E-state index in [1.165, 1.54) is 70.9 Å². The van der Waals surface area contributed by atoms with Crippen molar-refractivity contribution in [2.45, 2.75) is 70.8 Å². The van der Waals surface area contributed by atoms with Gasteiger partial charge in [0.05, 0.1) is 0 Å². The van der Waals surface area contributed by atoms with Crippen LogP contribution >= 0.6 is 0 Å². The average Bonchev–Trinajstić information content (AvgIpc) is 2.24. The summed E-state index contributed by atoms with van der Waals surface area (Å²) in [5, 5.41) is 0. The maximum Gasteiger partial charge on any atom is 0.00956 e. The van der Waals surface area contributed by atoms with Crippen LogP contribution in [0.25, 0.3) is 0 Å². The smallest absolute Gasteiger partial charge is 0.00956 e. The number of rotatable bonds is 1. The van der Waals surface area contributed by atoms with Crippen molar-refractivity contribution >= 4 is 0 Å². The summed E-state index contributed by atoms with van der Waals surface area (Å²) in [6.07, 6.45) is 13.4. The van der Waals surface area contributed by atoms with E-state index in [-0.39, 0.29) is 0 Å². The third-order valence-electron chi connectivity index (χ3n) is 5.59. The maximum absolute atomic E-state index is 2.73. The van der Waals surface area contributed by atoms with E-state index in [0.717, 1.165) is 11.5 Å². The summed E-state index contributed by atoms with van der Waals surface area (Å²) in [4.78, 5) is 2.73. The Hall–Kier alpha value is -0.0400. The molecule has 1 heterocycles. The minimum absolute atomic E-state index is 0.779. The molecular weight excluding hydrogens is 194 g/mol. The minimum Gasteiger partial charge on any atom is -0.317 e. The van der Waals surface area contributed by atoms with Gasteiger partial charge in [-0.2, -0.15) is 19.8 Å². The van der Waals surface area contributed by atoms with Crippen LogP contribution in [0, 0.1) is 11.3 Å². The first-order valence-corrected chi connectivity index (χ1v) is 7.33. The molecule has 0 amide bonds. The SMILES string of the molecule is C[C-]1CCC2(CC1)CCC(N1CCC1)CC2. The molecule has 1 spiro atoms. The van der Waals surface area contributed by atoms with Crippen molar-refractivity contribution in [3.05, 3.63) is 5.92 Å².